The van der Waals surface area contributed by atoms with Crippen LogP contribution < -0.4 is 5.32 Å². The summed E-state index contributed by atoms with van der Waals surface area (Å²) in [4.78, 5) is 2.35. The van der Waals surface area contributed by atoms with Crippen molar-refractivity contribution in [2.24, 2.45) is 5.92 Å². The molecule has 0 fully saturated rings. The highest BCUT2D eigenvalue weighted by molar-refractivity contribution is 5.28. The predicted molar refractivity (Wildman–Crippen MR) is 89.1 cm³/mol. The summed E-state index contributed by atoms with van der Waals surface area (Å²) in [5.74, 6) is 0.662. The molecule has 0 aliphatic carbocycles. The van der Waals surface area contributed by atoms with Crippen LogP contribution in [0.5, 0.6) is 0 Å². The zero-order valence-corrected chi connectivity index (χ0v) is 13.9. The van der Waals surface area contributed by atoms with Crippen LogP contribution in [-0.2, 0) is 6.42 Å². The molecule has 0 aliphatic heterocycles. The summed E-state index contributed by atoms with van der Waals surface area (Å²) in [6, 6.07) is 10.6. The van der Waals surface area contributed by atoms with E-state index < -0.39 is 0 Å². The zero-order chi connectivity index (χ0) is 15.7. The van der Waals surface area contributed by atoms with E-state index in [0.717, 1.165) is 38.2 Å². The summed E-state index contributed by atoms with van der Waals surface area (Å²) in [7, 11) is 0. The number of nitriles is 1. The third-order valence-corrected chi connectivity index (χ3v) is 3.76. The van der Waals surface area contributed by atoms with Gasteiger partial charge in [-0.15, -0.1) is 0 Å². The first-order valence-electron chi connectivity index (χ1n) is 8.04. The summed E-state index contributed by atoms with van der Waals surface area (Å²) in [6.45, 7) is 12.7. The van der Waals surface area contributed by atoms with Gasteiger partial charge in [-0.25, -0.2) is 0 Å². The summed E-state index contributed by atoms with van der Waals surface area (Å²) >= 11 is 0. The van der Waals surface area contributed by atoms with Crippen molar-refractivity contribution in [1.82, 2.24) is 10.2 Å². The maximum absolute atomic E-state index is 9.35. The van der Waals surface area contributed by atoms with Crippen molar-refractivity contribution >= 4 is 0 Å². The Balaban J connectivity index is 2.54. The van der Waals surface area contributed by atoms with Crippen LogP contribution >= 0.6 is 0 Å². The van der Waals surface area contributed by atoms with Crippen molar-refractivity contribution < 1.29 is 0 Å². The minimum absolute atomic E-state index is 0.214. The third kappa shape index (κ3) is 6.29. The summed E-state index contributed by atoms with van der Waals surface area (Å²) in [6.07, 6.45) is 1.09. The quantitative estimate of drug-likeness (QED) is 0.757. The summed E-state index contributed by atoms with van der Waals surface area (Å²) in [5, 5.41) is 12.7. The molecular weight excluding hydrogens is 258 g/mol. The van der Waals surface area contributed by atoms with Crippen molar-refractivity contribution in [3.8, 4) is 6.07 Å². The van der Waals surface area contributed by atoms with E-state index in [9.17, 15) is 5.26 Å². The monoisotopic (exact) mass is 287 g/mol. The Morgan fingerprint density at radius 1 is 1.14 bits per heavy atom. The SMILES string of the molecule is CCN(CC)CCNC(C#N)c1ccc(CC(C)C)cc1. The molecule has 0 aromatic heterocycles. The number of hydrogen-bond donors (Lipinski definition) is 1. The molecule has 1 aromatic carbocycles. The van der Waals surface area contributed by atoms with Gasteiger partial charge in [0.25, 0.3) is 0 Å². The topological polar surface area (TPSA) is 39.1 Å². The van der Waals surface area contributed by atoms with E-state index in [4.69, 9.17) is 0 Å². The van der Waals surface area contributed by atoms with Crippen molar-refractivity contribution in [2.45, 2.75) is 40.2 Å². The second-order valence-corrected chi connectivity index (χ2v) is 5.88. The predicted octanol–water partition coefficient (Wildman–Crippen LogP) is 3.38. The van der Waals surface area contributed by atoms with Crippen molar-refractivity contribution in [3.05, 3.63) is 35.4 Å². The molecule has 1 unspecified atom stereocenters. The molecule has 1 N–H and O–H groups in total. The van der Waals surface area contributed by atoms with E-state index >= 15 is 0 Å². The molecule has 0 spiro atoms. The second kappa shape index (κ2) is 9.55. The molecule has 0 heterocycles. The molecule has 21 heavy (non-hydrogen) atoms. The van der Waals surface area contributed by atoms with Crippen LogP contribution in [0.25, 0.3) is 0 Å². The van der Waals surface area contributed by atoms with Gasteiger partial charge < -0.3 is 4.90 Å². The standard InChI is InChI=1S/C18H29N3/c1-5-21(6-2)12-11-20-18(14-19)17-9-7-16(8-10-17)13-15(3)4/h7-10,15,18,20H,5-6,11-13H2,1-4H3. The van der Waals surface area contributed by atoms with Crippen LogP contribution in [0.1, 0.15) is 44.9 Å². The molecule has 3 heteroatoms. The minimum atomic E-state index is -0.214. The van der Waals surface area contributed by atoms with Crippen LogP contribution in [0, 0.1) is 17.2 Å². The fourth-order valence-corrected chi connectivity index (χ4v) is 2.46. The molecule has 0 bridgehead atoms. The lowest BCUT2D eigenvalue weighted by atomic mass is 10.00. The smallest absolute Gasteiger partial charge is 0.121 e. The summed E-state index contributed by atoms with van der Waals surface area (Å²) in [5.41, 5.74) is 2.40. The molecule has 3 nitrogen and oxygen atoms in total. The molecule has 1 rings (SSSR count). The first-order chi connectivity index (χ1) is 10.1. The average molecular weight is 287 g/mol. The maximum Gasteiger partial charge on any atom is 0.121 e. The number of hydrogen-bond acceptors (Lipinski definition) is 3. The molecule has 0 amide bonds. The van der Waals surface area contributed by atoms with E-state index in [-0.39, 0.29) is 6.04 Å². The first-order valence-corrected chi connectivity index (χ1v) is 8.04. The molecular formula is C18H29N3. The summed E-state index contributed by atoms with van der Waals surface area (Å²) < 4.78 is 0. The molecule has 0 radical (unpaired) electrons. The number of nitrogens with one attached hydrogen (secondary N) is 1. The van der Waals surface area contributed by atoms with Crippen molar-refractivity contribution in [3.63, 3.8) is 0 Å². The Morgan fingerprint density at radius 3 is 2.24 bits per heavy atom. The largest absolute Gasteiger partial charge is 0.303 e. The van der Waals surface area contributed by atoms with Crippen LogP contribution in [-0.4, -0.2) is 31.1 Å². The van der Waals surface area contributed by atoms with Crippen LogP contribution in [0.15, 0.2) is 24.3 Å². The zero-order valence-electron chi connectivity index (χ0n) is 13.9. The highest BCUT2D eigenvalue weighted by atomic mass is 15.1. The van der Waals surface area contributed by atoms with Gasteiger partial charge in [0.15, 0.2) is 0 Å². The van der Waals surface area contributed by atoms with Gasteiger partial charge in [-0.1, -0.05) is 52.0 Å². The Labute approximate surface area is 130 Å². The number of rotatable bonds is 9. The van der Waals surface area contributed by atoms with Crippen LogP contribution in [0.4, 0.5) is 0 Å². The van der Waals surface area contributed by atoms with E-state index in [1.165, 1.54) is 5.56 Å². The van der Waals surface area contributed by atoms with Crippen molar-refractivity contribution in [2.75, 3.05) is 26.2 Å². The fourth-order valence-electron chi connectivity index (χ4n) is 2.46. The van der Waals surface area contributed by atoms with Gasteiger partial charge in [-0.3, -0.25) is 5.32 Å². The van der Waals surface area contributed by atoms with Gasteiger partial charge >= 0.3 is 0 Å². The maximum atomic E-state index is 9.35. The number of nitrogens with zero attached hydrogens (tertiary/aromatic N) is 2. The molecule has 0 aliphatic rings. The number of likely N-dealkylation sites (N-methyl/N-ethyl adjacent to an activating group) is 1. The number of benzene rings is 1. The first kappa shape index (κ1) is 17.7. The van der Waals surface area contributed by atoms with Crippen molar-refractivity contribution in [1.29, 1.82) is 5.26 Å². The van der Waals surface area contributed by atoms with Gasteiger partial charge in [0.05, 0.1) is 6.07 Å². The Bertz CT molecular complexity index is 427. The van der Waals surface area contributed by atoms with Crippen LogP contribution in [0.3, 0.4) is 0 Å². The van der Waals surface area contributed by atoms with Gasteiger partial charge in [0.1, 0.15) is 6.04 Å². The Morgan fingerprint density at radius 2 is 1.76 bits per heavy atom. The normalized spacial score (nSPS) is 12.6. The van der Waals surface area contributed by atoms with Gasteiger partial charge in [-0.2, -0.15) is 5.26 Å². The second-order valence-electron chi connectivity index (χ2n) is 5.88. The van der Waals surface area contributed by atoms with E-state index in [0.29, 0.717) is 5.92 Å². The lowest BCUT2D eigenvalue weighted by molar-refractivity contribution is 0.300. The van der Waals surface area contributed by atoms with E-state index in [1.807, 2.05) is 0 Å². The lowest BCUT2D eigenvalue weighted by Gasteiger charge is -2.19. The van der Waals surface area contributed by atoms with Gasteiger partial charge in [-0.05, 0) is 36.6 Å². The Kier molecular flexibility index (Phi) is 8.04. The van der Waals surface area contributed by atoms with Gasteiger partial charge in [0.2, 0.25) is 0 Å². The fraction of sp³-hybridized carbons (Fsp3) is 0.611. The molecule has 0 saturated carbocycles. The minimum Gasteiger partial charge on any atom is -0.303 e. The molecule has 0 saturated heterocycles. The van der Waals surface area contributed by atoms with E-state index in [1.54, 1.807) is 0 Å². The lowest BCUT2D eigenvalue weighted by Crippen LogP contribution is -2.33. The Hall–Kier alpha value is -1.37. The third-order valence-electron chi connectivity index (χ3n) is 3.76. The van der Waals surface area contributed by atoms with Crippen LogP contribution in [0.2, 0.25) is 0 Å². The highest BCUT2D eigenvalue weighted by Crippen LogP contribution is 2.15. The molecule has 116 valence electrons. The molecule has 1 aromatic rings. The average Bonchev–Trinajstić information content (AvgIpc) is 2.48. The van der Waals surface area contributed by atoms with E-state index in [2.05, 4.69) is 68.2 Å². The molecule has 1 atom stereocenters. The van der Waals surface area contributed by atoms with Gasteiger partial charge in [0, 0.05) is 13.1 Å². The highest BCUT2D eigenvalue weighted by Gasteiger charge is 2.10.